The SMILES string of the molecule is CCOc1cc(CNc2ccc(F)c(F)c2)ccc1O. The monoisotopic (exact) mass is 279 g/mol. The molecule has 0 aromatic heterocycles. The minimum Gasteiger partial charge on any atom is -0.504 e. The first kappa shape index (κ1) is 14.1. The van der Waals surface area contributed by atoms with E-state index in [4.69, 9.17) is 4.74 Å². The van der Waals surface area contributed by atoms with Crippen LogP contribution < -0.4 is 10.1 Å². The number of halogens is 2. The van der Waals surface area contributed by atoms with Crippen LogP contribution in [0.2, 0.25) is 0 Å². The largest absolute Gasteiger partial charge is 0.504 e. The van der Waals surface area contributed by atoms with E-state index in [9.17, 15) is 13.9 Å². The molecule has 0 aliphatic rings. The molecule has 0 fully saturated rings. The van der Waals surface area contributed by atoms with Crippen LogP contribution in [-0.2, 0) is 6.54 Å². The number of rotatable bonds is 5. The second-order valence-corrected chi connectivity index (χ2v) is 4.22. The maximum atomic E-state index is 13.1. The number of phenolic OH excluding ortho intramolecular Hbond substituents is 1. The molecule has 0 aliphatic heterocycles. The molecule has 0 saturated heterocycles. The van der Waals surface area contributed by atoms with Crippen molar-refractivity contribution in [1.82, 2.24) is 0 Å². The Balaban J connectivity index is 2.06. The van der Waals surface area contributed by atoms with Crippen molar-refractivity contribution in [3.63, 3.8) is 0 Å². The van der Waals surface area contributed by atoms with Gasteiger partial charge in [0.1, 0.15) is 0 Å². The van der Waals surface area contributed by atoms with Crippen LogP contribution in [0.4, 0.5) is 14.5 Å². The zero-order valence-electron chi connectivity index (χ0n) is 11.0. The van der Waals surface area contributed by atoms with Crippen LogP contribution in [0, 0.1) is 11.6 Å². The number of nitrogens with one attached hydrogen (secondary N) is 1. The zero-order valence-corrected chi connectivity index (χ0v) is 11.0. The summed E-state index contributed by atoms with van der Waals surface area (Å²) in [5.74, 6) is -1.30. The number of ether oxygens (including phenoxy) is 1. The molecule has 3 nitrogen and oxygen atoms in total. The molecular weight excluding hydrogens is 264 g/mol. The van der Waals surface area contributed by atoms with Crippen molar-refractivity contribution < 1.29 is 18.6 Å². The number of aromatic hydroxyl groups is 1. The lowest BCUT2D eigenvalue weighted by Gasteiger charge is -2.10. The third kappa shape index (κ3) is 3.38. The van der Waals surface area contributed by atoms with Crippen molar-refractivity contribution in [3.05, 3.63) is 53.6 Å². The van der Waals surface area contributed by atoms with Crippen molar-refractivity contribution in [2.75, 3.05) is 11.9 Å². The number of phenols is 1. The van der Waals surface area contributed by atoms with E-state index in [1.165, 1.54) is 12.1 Å². The maximum Gasteiger partial charge on any atom is 0.161 e. The van der Waals surface area contributed by atoms with Crippen molar-refractivity contribution in [3.8, 4) is 11.5 Å². The van der Waals surface area contributed by atoms with Gasteiger partial charge < -0.3 is 15.2 Å². The molecule has 20 heavy (non-hydrogen) atoms. The van der Waals surface area contributed by atoms with E-state index < -0.39 is 11.6 Å². The lowest BCUT2D eigenvalue weighted by Crippen LogP contribution is -2.01. The van der Waals surface area contributed by atoms with Gasteiger partial charge in [0.2, 0.25) is 0 Å². The Bertz CT molecular complexity index is 602. The summed E-state index contributed by atoms with van der Waals surface area (Å²) in [6.45, 7) is 2.69. The van der Waals surface area contributed by atoms with Crippen molar-refractivity contribution in [2.24, 2.45) is 0 Å². The molecule has 0 bridgehead atoms. The first-order valence-corrected chi connectivity index (χ1v) is 6.23. The van der Waals surface area contributed by atoms with Crippen molar-refractivity contribution in [1.29, 1.82) is 0 Å². The van der Waals surface area contributed by atoms with Crippen LogP contribution >= 0.6 is 0 Å². The molecule has 2 rings (SSSR count). The molecule has 2 aromatic rings. The zero-order chi connectivity index (χ0) is 14.5. The fourth-order valence-electron chi connectivity index (χ4n) is 1.75. The standard InChI is InChI=1S/C15H15F2NO2/c1-2-20-15-7-10(3-6-14(15)19)9-18-11-4-5-12(16)13(17)8-11/h3-8,18-19H,2,9H2,1H3. The minimum atomic E-state index is -0.893. The van der Waals surface area contributed by atoms with E-state index in [1.807, 2.05) is 6.92 Å². The third-order valence-corrected chi connectivity index (χ3v) is 2.74. The molecule has 2 N–H and O–H groups in total. The van der Waals surface area contributed by atoms with Crippen LogP contribution in [0.3, 0.4) is 0 Å². The topological polar surface area (TPSA) is 41.5 Å². The van der Waals surface area contributed by atoms with Gasteiger partial charge in [-0.05, 0) is 36.8 Å². The van der Waals surface area contributed by atoms with Gasteiger partial charge in [0.15, 0.2) is 23.1 Å². The predicted octanol–water partition coefficient (Wildman–Crippen LogP) is 3.68. The number of benzene rings is 2. The number of hydrogen-bond donors (Lipinski definition) is 2. The Hall–Kier alpha value is -2.30. The van der Waals surface area contributed by atoms with Gasteiger partial charge >= 0.3 is 0 Å². The highest BCUT2D eigenvalue weighted by Gasteiger charge is 2.05. The Labute approximate surface area is 115 Å². The molecule has 0 aliphatic carbocycles. The second-order valence-electron chi connectivity index (χ2n) is 4.22. The molecular formula is C15H15F2NO2. The molecule has 0 heterocycles. The Kier molecular flexibility index (Phi) is 4.40. The number of anilines is 1. The van der Waals surface area contributed by atoms with Gasteiger partial charge in [-0.1, -0.05) is 6.07 Å². The normalized spacial score (nSPS) is 10.3. The van der Waals surface area contributed by atoms with E-state index in [0.29, 0.717) is 24.6 Å². The second kappa shape index (κ2) is 6.23. The Morgan fingerprint density at radius 2 is 1.90 bits per heavy atom. The summed E-state index contributed by atoms with van der Waals surface area (Å²) in [7, 11) is 0. The maximum absolute atomic E-state index is 13.1. The Morgan fingerprint density at radius 3 is 2.60 bits per heavy atom. The fraction of sp³-hybridized carbons (Fsp3) is 0.200. The van der Waals surface area contributed by atoms with Gasteiger partial charge in [0, 0.05) is 18.3 Å². The average Bonchev–Trinajstić information content (AvgIpc) is 2.43. The molecule has 0 radical (unpaired) electrons. The Morgan fingerprint density at radius 1 is 1.10 bits per heavy atom. The van der Waals surface area contributed by atoms with E-state index >= 15 is 0 Å². The summed E-state index contributed by atoms with van der Waals surface area (Å²) >= 11 is 0. The van der Waals surface area contributed by atoms with Crippen LogP contribution in [0.5, 0.6) is 11.5 Å². The molecule has 0 saturated carbocycles. The molecule has 0 unspecified atom stereocenters. The minimum absolute atomic E-state index is 0.0726. The van der Waals surface area contributed by atoms with Gasteiger partial charge in [-0.15, -0.1) is 0 Å². The van der Waals surface area contributed by atoms with Gasteiger partial charge in [-0.25, -0.2) is 8.78 Å². The van der Waals surface area contributed by atoms with Gasteiger partial charge in [0.25, 0.3) is 0 Å². The van der Waals surface area contributed by atoms with E-state index in [1.54, 1.807) is 12.1 Å². The highest BCUT2D eigenvalue weighted by molar-refractivity contribution is 5.46. The lowest BCUT2D eigenvalue weighted by atomic mass is 10.2. The predicted molar refractivity (Wildman–Crippen MR) is 73.0 cm³/mol. The van der Waals surface area contributed by atoms with Crippen LogP contribution in [-0.4, -0.2) is 11.7 Å². The summed E-state index contributed by atoms with van der Waals surface area (Å²) in [6, 6.07) is 8.59. The van der Waals surface area contributed by atoms with E-state index in [0.717, 1.165) is 17.7 Å². The van der Waals surface area contributed by atoms with Gasteiger partial charge in [-0.2, -0.15) is 0 Å². The molecule has 0 spiro atoms. The molecule has 106 valence electrons. The summed E-state index contributed by atoms with van der Waals surface area (Å²) in [5, 5.41) is 12.6. The van der Waals surface area contributed by atoms with E-state index in [2.05, 4.69) is 5.32 Å². The van der Waals surface area contributed by atoms with Gasteiger partial charge in [-0.3, -0.25) is 0 Å². The van der Waals surface area contributed by atoms with Crippen molar-refractivity contribution >= 4 is 5.69 Å². The van der Waals surface area contributed by atoms with Crippen LogP contribution in [0.25, 0.3) is 0 Å². The lowest BCUT2D eigenvalue weighted by molar-refractivity contribution is 0.318. The fourth-order valence-corrected chi connectivity index (χ4v) is 1.75. The van der Waals surface area contributed by atoms with Crippen LogP contribution in [0.1, 0.15) is 12.5 Å². The molecule has 0 amide bonds. The highest BCUT2D eigenvalue weighted by Crippen LogP contribution is 2.27. The van der Waals surface area contributed by atoms with E-state index in [-0.39, 0.29) is 5.75 Å². The first-order chi connectivity index (χ1) is 9.60. The summed E-state index contributed by atoms with van der Waals surface area (Å²) in [4.78, 5) is 0. The molecule has 5 heteroatoms. The van der Waals surface area contributed by atoms with Gasteiger partial charge in [0.05, 0.1) is 6.61 Å². The summed E-state index contributed by atoms with van der Waals surface area (Å²) in [6.07, 6.45) is 0. The number of hydrogen-bond acceptors (Lipinski definition) is 3. The molecule has 2 aromatic carbocycles. The first-order valence-electron chi connectivity index (χ1n) is 6.23. The molecule has 0 atom stereocenters. The van der Waals surface area contributed by atoms with Crippen molar-refractivity contribution in [2.45, 2.75) is 13.5 Å². The smallest absolute Gasteiger partial charge is 0.161 e. The third-order valence-electron chi connectivity index (χ3n) is 2.74. The average molecular weight is 279 g/mol. The summed E-state index contributed by atoms with van der Waals surface area (Å²) < 4.78 is 31.1. The van der Waals surface area contributed by atoms with Crippen LogP contribution in [0.15, 0.2) is 36.4 Å². The highest BCUT2D eigenvalue weighted by atomic mass is 19.2. The summed E-state index contributed by atoms with van der Waals surface area (Å²) in [5.41, 5.74) is 1.34. The quantitative estimate of drug-likeness (QED) is 0.877.